The third-order valence-electron chi connectivity index (χ3n) is 15.0. The van der Waals surface area contributed by atoms with Crippen molar-refractivity contribution in [2.45, 2.75) is 348 Å². The van der Waals surface area contributed by atoms with E-state index in [0.717, 1.165) is 109 Å². The Morgan fingerprint density at radius 1 is 0.259 bits per heavy atom. The molecule has 0 N–H and O–H groups in total. The van der Waals surface area contributed by atoms with E-state index in [-0.39, 0.29) is 31.1 Å². The lowest BCUT2D eigenvalue weighted by Gasteiger charge is -2.18. The summed E-state index contributed by atoms with van der Waals surface area (Å²) in [6.07, 6.45) is 92.8. The fraction of sp³-hybridized carbons (Fsp3) is 0.747. The molecule has 0 amide bonds. The highest BCUT2D eigenvalue weighted by atomic mass is 16.6. The van der Waals surface area contributed by atoms with E-state index in [2.05, 4.69) is 118 Å². The van der Waals surface area contributed by atoms with Crippen LogP contribution in [0.25, 0.3) is 0 Å². The lowest BCUT2D eigenvalue weighted by molar-refractivity contribution is -0.167. The molecule has 0 aromatic heterocycles. The van der Waals surface area contributed by atoms with Gasteiger partial charge in [-0.3, -0.25) is 14.4 Å². The minimum absolute atomic E-state index is 0.0823. The SMILES string of the molecule is CC/C=C\C/C=C\C/C=C\C/C=C\C/C=C\CCCCCCCCCCCCCCCC(=O)OCC(COC(=O)CCCCCCC/C=C\C/C=C\CCCCCC)OC(=O)CCCCCCCCC/C=C\CCCCCCCCC. The molecule has 466 valence electrons. The topological polar surface area (TPSA) is 78.9 Å². The molecule has 0 bridgehead atoms. The summed E-state index contributed by atoms with van der Waals surface area (Å²) in [4.78, 5) is 38.4. The van der Waals surface area contributed by atoms with Crippen molar-refractivity contribution in [1.29, 1.82) is 0 Å². The molecule has 6 heteroatoms. The Hall–Kier alpha value is -3.67. The monoisotopic (exact) mass is 1130 g/mol. The molecule has 0 aromatic carbocycles. The van der Waals surface area contributed by atoms with E-state index in [1.54, 1.807) is 0 Å². The van der Waals surface area contributed by atoms with Gasteiger partial charge in [0.05, 0.1) is 0 Å². The van der Waals surface area contributed by atoms with Gasteiger partial charge in [-0.15, -0.1) is 0 Å². The number of rotatable bonds is 63. The van der Waals surface area contributed by atoms with Crippen LogP contribution >= 0.6 is 0 Å². The van der Waals surface area contributed by atoms with E-state index in [1.807, 2.05) is 0 Å². The second-order valence-corrected chi connectivity index (χ2v) is 23.1. The van der Waals surface area contributed by atoms with Crippen molar-refractivity contribution in [3.05, 3.63) is 97.2 Å². The van der Waals surface area contributed by atoms with Crippen molar-refractivity contribution in [3.63, 3.8) is 0 Å². The summed E-state index contributed by atoms with van der Waals surface area (Å²) in [5, 5.41) is 0. The molecule has 1 unspecified atom stereocenters. The largest absolute Gasteiger partial charge is 0.462 e. The van der Waals surface area contributed by atoms with E-state index in [0.29, 0.717) is 19.3 Å². The number of ether oxygens (including phenoxy) is 3. The first-order valence-corrected chi connectivity index (χ1v) is 34.7. The van der Waals surface area contributed by atoms with Gasteiger partial charge < -0.3 is 14.2 Å². The van der Waals surface area contributed by atoms with E-state index < -0.39 is 6.10 Å². The van der Waals surface area contributed by atoms with Crippen molar-refractivity contribution in [1.82, 2.24) is 0 Å². The molecule has 0 aromatic rings. The Kier molecular flexibility index (Phi) is 65.7. The zero-order valence-corrected chi connectivity index (χ0v) is 53.5. The van der Waals surface area contributed by atoms with Gasteiger partial charge in [-0.05, 0) is 122 Å². The summed E-state index contributed by atoms with van der Waals surface area (Å²) in [5.41, 5.74) is 0. The van der Waals surface area contributed by atoms with Gasteiger partial charge in [0.2, 0.25) is 0 Å². The molecule has 1 atom stereocenters. The van der Waals surface area contributed by atoms with Crippen LogP contribution in [0.3, 0.4) is 0 Å². The number of hydrogen-bond acceptors (Lipinski definition) is 6. The van der Waals surface area contributed by atoms with Crippen LogP contribution in [0.15, 0.2) is 97.2 Å². The highest BCUT2D eigenvalue weighted by molar-refractivity contribution is 5.71. The number of carbonyl (C=O) groups excluding carboxylic acids is 3. The summed E-state index contributed by atoms with van der Waals surface area (Å²) in [7, 11) is 0. The quantitative estimate of drug-likeness (QED) is 0.0261. The molecule has 81 heavy (non-hydrogen) atoms. The standard InChI is InChI=1S/C75H130O6/c1-4-7-10-13-16-19-22-25-28-31-33-34-35-36-37-38-39-40-41-42-43-45-47-50-53-56-59-62-65-68-74(77)80-71-72(70-79-73(76)67-64-61-58-55-52-49-46-30-27-24-21-18-15-12-9-6-3)81-75(78)69-66-63-60-57-54-51-48-44-32-29-26-23-20-17-14-11-8-5-2/h7,10,16,19,21,24-25,28-30,32-34,36-37,46,72H,4-6,8-9,11-15,17-18,20,22-23,26-27,31,35,38-45,47-71H2,1-3H3/b10-7-,19-16-,24-21-,28-25-,32-29-,34-33-,37-36-,46-30-. The third kappa shape index (κ3) is 67.0. The van der Waals surface area contributed by atoms with Crippen LogP contribution in [0, 0.1) is 0 Å². The average molecular weight is 1130 g/mol. The minimum Gasteiger partial charge on any atom is -0.462 e. The zero-order valence-electron chi connectivity index (χ0n) is 53.5. The molecule has 0 heterocycles. The molecule has 6 nitrogen and oxygen atoms in total. The number of esters is 3. The molecular weight excluding hydrogens is 997 g/mol. The van der Waals surface area contributed by atoms with Crippen LogP contribution in [0.1, 0.15) is 342 Å². The predicted octanol–water partition coefficient (Wildman–Crippen LogP) is 24.0. The molecule has 0 aliphatic rings. The van der Waals surface area contributed by atoms with Crippen LogP contribution in [0.2, 0.25) is 0 Å². The molecule has 0 radical (unpaired) electrons. The Morgan fingerprint density at radius 2 is 0.481 bits per heavy atom. The van der Waals surface area contributed by atoms with E-state index in [4.69, 9.17) is 14.2 Å². The maximum absolute atomic E-state index is 12.9. The molecule has 0 aliphatic heterocycles. The number of hydrogen-bond donors (Lipinski definition) is 0. The predicted molar refractivity (Wildman–Crippen MR) is 353 cm³/mol. The van der Waals surface area contributed by atoms with E-state index in [9.17, 15) is 14.4 Å². The Bertz CT molecular complexity index is 1580. The zero-order chi connectivity index (χ0) is 58.5. The Morgan fingerprint density at radius 3 is 0.778 bits per heavy atom. The highest BCUT2D eigenvalue weighted by Gasteiger charge is 2.19. The van der Waals surface area contributed by atoms with Crippen LogP contribution < -0.4 is 0 Å². The van der Waals surface area contributed by atoms with Crippen LogP contribution in [-0.4, -0.2) is 37.2 Å². The Balaban J connectivity index is 4.31. The first kappa shape index (κ1) is 77.3. The summed E-state index contributed by atoms with van der Waals surface area (Å²) < 4.78 is 17.0. The van der Waals surface area contributed by atoms with Crippen molar-refractivity contribution in [2.24, 2.45) is 0 Å². The maximum atomic E-state index is 12.9. The summed E-state index contributed by atoms with van der Waals surface area (Å²) in [6.45, 7) is 6.53. The fourth-order valence-electron chi connectivity index (χ4n) is 9.85. The van der Waals surface area contributed by atoms with Gasteiger partial charge in [0.25, 0.3) is 0 Å². The van der Waals surface area contributed by atoms with Crippen molar-refractivity contribution < 1.29 is 28.6 Å². The first-order valence-electron chi connectivity index (χ1n) is 34.7. The lowest BCUT2D eigenvalue weighted by Crippen LogP contribution is -2.30. The molecule has 0 fully saturated rings. The van der Waals surface area contributed by atoms with E-state index in [1.165, 1.54) is 193 Å². The number of allylic oxidation sites excluding steroid dienone is 16. The summed E-state index contributed by atoms with van der Waals surface area (Å²) >= 11 is 0. The highest BCUT2D eigenvalue weighted by Crippen LogP contribution is 2.17. The average Bonchev–Trinajstić information content (AvgIpc) is 3.47. The normalized spacial score (nSPS) is 12.7. The lowest BCUT2D eigenvalue weighted by atomic mass is 10.0. The molecular formula is C75H130O6. The van der Waals surface area contributed by atoms with Crippen molar-refractivity contribution in [2.75, 3.05) is 13.2 Å². The van der Waals surface area contributed by atoms with Gasteiger partial charge in [-0.1, -0.05) is 298 Å². The summed E-state index contributed by atoms with van der Waals surface area (Å²) in [6, 6.07) is 0. The third-order valence-corrected chi connectivity index (χ3v) is 15.0. The second kappa shape index (κ2) is 68.8. The molecule has 0 saturated carbocycles. The second-order valence-electron chi connectivity index (χ2n) is 23.1. The van der Waals surface area contributed by atoms with E-state index >= 15 is 0 Å². The minimum atomic E-state index is -0.787. The molecule has 0 rings (SSSR count). The van der Waals surface area contributed by atoms with Gasteiger partial charge >= 0.3 is 17.9 Å². The van der Waals surface area contributed by atoms with Crippen LogP contribution in [0.5, 0.6) is 0 Å². The molecule has 0 saturated heterocycles. The first-order chi connectivity index (χ1) is 40.0. The van der Waals surface area contributed by atoms with Crippen LogP contribution in [0.4, 0.5) is 0 Å². The van der Waals surface area contributed by atoms with Gasteiger partial charge in [0, 0.05) is 19.3 Å². The van der Waals surface area contributed by atoms with Gasteiger partial charge in [0.15, 0.2) is 6.10 Å². The fourth-order valence-corrected chi connectivity index (χ4v) is 9.85. The smallest absolute Gasteiger partial charge is 0.306 e. The molecule has 0 spiro atoms. The number of unbranched alkanes of at least 4 members (excludes halogenated alkanes) is 36. The maximum Gasteiger partial charge on any atom is 0.306 e. The molecule has 0 aliphatic carbocycles. The van der Waals surface area contributed by atoms with Crippen molar-refractivity contribution in [3.8, 4) is 0 Å². The van der Waals surface area contributed by atoms with Crippen molar-refractivity contribution >= 4 is 17.9 Å². The van der Waals surface area contributed by atoms with Crippen LogP contribution in [-0.2, 0) is 28.6 Å². The summed E-state index contributed by atoms with van der Waals surface area (Å²) in [5.74, 6) is -0.887. The Labute approximate surface area is 502 Å². The van der Waals surface area contributed by atoms with Gasteiger partial charge in [-0.25, -0.2) is 0 Å². The van der Waals surface area contributed by atoms with Gasteiger partial charge in [-0.2, -0.15) is 0 Å². The number of carbonyl (C=O) groups is 3. The van der Waals surface area contributed by atoms with Gasteiger partial charge in [0.1, 0.15) is 13.2 Å².